The fourth-order valence-electron chi connectivity index (χ4n) is 1.48. The van der Waals surface area contributed by atoms with Crippen molar-refractivity contribution in [1.82, 2.24) is 5.32 Å². The van der Waals surface area contributed by atoms with Crippen molar-refractivity contribution in [3.8, 4) is 0 Å². The van der Waals surface area contributed by atoms with Crippen LogP contribution in [0.5, 0.6) is 0 Å². The van der Waals surface area contributed by atoms with E-state index in [2.05, 4.69) is 17.6 Å². The highest BCUT2D eigenvalue weighted by atomic mass is 19.1. The van der Waals surface area contributed by atoms with Crippen molar-refractivity contribution in [2.75, 3.05) is 18.4 Å². The predicted molar refractivity (Wildman–Crippen MR) is 70.9 cm³/mol. The van der Waals surface area contributed by atoms with Crippen LogP contribution in [0.15, 0.2) is 24.3 Å². The lowest BCUT2D eigenvalue weighted by Gasteiger charge is -2.09. The summed E-state index contributed by atoms with van der Waals surface area (Å²) in [6.45, 7) is 3.36. The van der Waals surface area contributed by atoms with Gasteiger partial charge >= 0.3 is 6.03 Å². The Bertz CT molecular complexity index is 367. The van der Waals surface area contributed by atoms with Crippen LogP contribution in [0.25, 0.3) is 0 Å². The first-order chi connectivity index (χ1) is 8.61. The number of amides is 2. The molecule has 2 amide bonds. The van der Waals surface area contributed by atoms with Crippen LogP contribution < -0.4 is 16.4 Å². The van der Waals surface area contributed by atoms with Crippen LogP contribution in [0, 0.1) is 11.7 Å². The summed E-state index contributed by atoms with van der Waals surface area (Å²) >= 11 is 0. The normalized spacial score (nSPS) is 11.9. The van der Waals surface area contributed by atoms with Crippen LogP contribution in [0.4, 0.5) is 14.9 Å². The zero-order valence-corrected chi connectivity index (χ0v) is 10.6. The van der Waals surface area contributed by atoms with Gasteiger partial charge in [0.1, 0.15) is 5.82 Å². The number of nitrogens with two attached hydrogens (primary N) is 1. The summed E-state index contributed by atoms with van der Waals surface area (Å²) in [7, 11) is 0. The summed E-state index contributed by atoms with van der Waals surface area (Å²) < 4.78 is 12.6. The summed E-state index contributed by atoms with van der Waals surface area (Å²) in [5.41, 5.74) is 6.07. The lowest BCUT2D eigenvalue weighted by atomic mass is 10.1. The van der Waals surface area contributed by atoms with Crippen LogP contribution in [-0.4, -0.2) is 19.1 Å². The molecular formula is C13H20FN3O. The maximum atomic E-state index is 12.6. The van der Waals surface area contributed by atoms with Gasteiger partial charge in [-0.1, -0.05) is 6.92 Å². The van der Waals surface area contributed by atoms with Crippen LogP contribution in [0.1, 0.15) is 19.8 Å². The molecule has 1 unspecified atom stereocenters. The molecule has 4 N–H and O–H groups in total. The van der Waals surface area contributed by atoms with E-state index in [-0.39, 0.29) is 11.8 Å². The van der Waals surface area contributed by atoms with E-state index in [9.17, 15) is 9.18 Å². The lowest BCUT2D eigenvalue weighted by Crippen LogP contribution is -2.29. The van der Waals surface area contributed by atoms with E-state index in [1.807, 2.05) is 0 Å². The van der Waals surface area contributed by atoms with Gasteiger partial charge in [0.25, 0.3) is 0 Å². The SMILES string of the molecule is CC(CN)CCCNC(=O)Nc1ccc(F)cc1. The molecule has 0 saturated heterocycles. The molecule has 0 aliphatic heterocycles. The number of carbonyl (C=O) groups is 1. The number of urea groups is 1. The topological polar surface area (TPSA) is 67.1 Å². The van der Waals surface area contributed by atoms with Crippen LogP contribution in [0.2, 0.25) is 0 Å². The van der Waals surface area contributed by atoms with E-state index >= 15 is 0 Å². The van der Waals surface area contributed by atoms with E-state index in [0.29, 0.717) is 24.7 Å². The molecule has 0 aromatic heterocycles. The highest BCUT2D eigenvalue weighted by Crippen LogP contribution is 2.07. The Balaban J connectivity index is 2.19. The Labute approximate surface area is 107 Å². The van der Waals surface area contributed by atoms with Crippen molar-refractivity contribution in [1.29, 1.82) is 0 Å². The molecule has 0 saturated carbocycles. The maximum Gasteiger partial charge on any atom is 0.319 e. The van der Waals surface area contributed by atoms with Gasteiger partial charge in [0.05, 0.1) is 0 Å². The van der Waals surface area contributed by atoms with E-state index in [4.69, 9.17) is 5.73 Å². The summed E-state index contributed by atoms with van der Waals surface area (Å²) in [5, 5.41) is 5.37. The molecule has 0 bridgehead atoms. The number of anilines is 1. The van der Waals surface area contributed by atoms with Gasteiger partial charge in [-0.25, -0.2) is 9.18 Å². The number of hydrogen-bond donors (Lipinski definition) is 3. The van der Waals surface area contributed by atoms with Crippen molar-refractivity contribution >= 4 is 11.7 Å². The third-order valence-electron chi connectivity index (χ3n) is 2.66. The molecule has 0 aliphatic carbocycles. The zero-order chi connectivity index (χ0) is 13.4. The third-order valence-corrected chi connectivity index (χ3v) is 2.66. The highest BCUT2D eigenvalue weighted by molar-refractivity contribution is 5.89. The Hall–Kier alpha value is -1.62. The first-order valence-electron chi connectivity index (χ1n) is 6.12. The Kier molecular flexibility index (Phi) is 6.14. The smallest absolute Gasteiger partial charge is 0.319 e. The van der Waals surface area contributed by atoms with Gasteiger partial charge in [0, 0.05) is 12.2 Å². The molecule has 0 fully saturated rings. The van der Waals surface area contributed by atoms with Gasteiger partial charge < -0.3 is 16.4 Å². The molecule has 1 rings (SSSR count). The van der Waals surface area contributed by atoms with Crippen molar-refractivity contribution in [3.05, 3.63) is 30.1 Å². The van der Waals surface area contributed by atoms with E-state index in [0.717, 1.165) is 12.8 Å². The molecule has 18 heavy (non-hydrogen) atoms. The number of rotatable bonds is 6. The number of hydrogen-bond acceptors (Lipinski definition) is 2. The van der Waals surface area contributed by atoms with Crippen molar-refractivity contribution in [2.24, 2.45) is 11.7 Å². The summed E-state index contributed by atoms with van der Waals surface area (Å²) in [5.74, 6) is 0.156. The molecule has 1 atom stereocenters. The largest absolute Gasteiger partial charge is 0.338 e. The van der Waals surface area contributed by atoms with Crippen LogP contribution in [-0.2, 0) is 0 Å². The lowest BCUT2D eigenvalue weighted by molar-refractivity contribution is 0.251. The standard InChI is InChI=1S/C13H20FN3O/c1-10(9-15)3-2-8-16-13(18)17-12-6-4-11(14)5-7-12/h4-7,10H,2-3,8-9,15H2,1H3,(H2,16,17,18). The molecule has 100 valence electrons. The second-order valence-electron chi connectivity index (χ2n) is 4.37. The molecule has 0 spiro atoms. The van der Waals surface area contributed by atoms with E-state index in [1.165, 1.54) is 24.3 Å². The zero-order valence-electron chi connectivity index (χ0n) is 10.6. The van der Waals surface area contributed by atoms with Gasteiger partial charge in [-0.3, -0.25) is 0 Å². The number of benzene rings is 1. The summed E-state index contributed by atoms with van der Waals surface area (Å²) in [6, 6.07) is 5.37. The van der Waals surface area contributed by atoms with Crippen molar-refractivity contribution in [3.63, 3.8) is 0 Å². The highest BCUT2D eigenvalue weighted by Gasteiger charge is 2.02. The minimum atomic E-state index is -0.322. The molecule has 1 aromatic carbocycles. The monoisotopic (exact) mass is 253 g/mol. The summed E-state index contributed by atoms with van der Waals surface area (Å²) in [4.78, 5) is 11.5. The third kappa shape index (κ3) is 5.63. The Morgan fingerprint density at radius 2 is 2.06 bits per heavy atom. The summed E-state index contributed by atoms with van der Waals surface area (Å²) in [6.07, 6.45) is 1.89. The quantitative estimate of drug-likeness (QED) is 0.681. The molecule has 0 radical (unpaired) electrons. The molecule has 0 aliphatic rings. The predicted octanol–water partition coefficient (Wildman–Crippen LogP) is 2.32. The van der Waals surface area contributed by atoms with E-state index < -0.39 is 0 Å². The first kappa shape index (κ1) is 14.4. The Morgan fingerprint density at radius 3 is 2.67 bits per heavy atom. The minimum absolute atomic E-state index is 0.276. The fourth-order valence-corrected chi connectivity index (χ4v) is 1.48. The van der Waals surface area contributed by atoms with Crippen molar-refractivity contribution < 1.29 is 9.18 Å². The van der Waals surface area contributed by atoms with Crippen molar-refractivity contribution in [2.45, 2.75) is 19.8 Å². The van der Waals surface area contributed by atoms with Gasteiger partial charge in [0.2, 0.25) is 0 Å². The molecular weight excluding hydrogens is 233 g/mol. The first-order valence-corrected chi connectivity index (χ1v) is 6.12. The van der Waals surface area contributed by atoms with Gasteiger partial charge in [0.15, 0.2) is 0 Å². The molecule has 4 nitrogen and oxygen atoms in total. The molecule has 5 heteroatoms. The van der Waals surface area contributed by atoms with Gasteiger partial charge in [-0.15, -0.1) is 0 Å². The van der Waals surface area contributed by atoms with E-state index in [1.54, 1.807) is 0 Å². The van der Waals surface area contributed by atoms with Crippen LogP contribution in [0.3, 0.4) is 0 Å². The fraction of sp³-hybridized carbons (Fsp3) is 0.462. The molecule has 0 heterocycles. The minimum Gasteiger partial charge on any atom is -0.338 e. The average molecular weight is 253 g/mol. The molecule has 1 aromatic rings. The Morgan fingerprint density at radius 1 is 1.39 bits per heavy atom. The maximum absolute atomic E-state index is 12.6. The second-order valence-corrected chi connectivity index (χ2v) is 4.37. The number of nitrogens with one attached hydrogen (secondary N) is 2. The van der Waals surface area contributed by atoms with Gasteiger partial charge in [-0.2, -0.15) is 0 Å². The number of halogens is 1. The second kappa shape index (κ2) is 7.66. The number of carbonyl (C=O) groups excluding carboxylic acids is 1. The van der Waals surface area contributed by atoms with Gasteiger partial charge in [-0.05, 0) is 49.6 Å². The average Bonchev–Trinajstić information content (AvgIpc) is 2.37. The van der Waals surface area contributed by atoms with Crippen LogP contribution >= 0.6 is 0 Å².